The van der Waals surface area contributed by atoms with E-state index < -0.39 is 37.4 Å². The molecule has 0 amide bonds. The monoisotopic (exact) mass is 287 g/mol. The van der Waals surface area contributed by atoms with Crippen molar-refractivity contribution in [2.24, 2.45) is 0 Å². The topological polar surface area (TPSA) is 113 Å². The summed E-state index contributed by atoms with van der Waals surface area (Å²) in [7, 11) is -4.23. The molecule has 1 rings (SSSR count). The second kappa shape index (κ2) is 5.73. The summed E-state index contributed by atoms with van der Waals surface area (Å²) in [5, 5.41) is 19.1. The number of benzene rings is 1. The average Bonchev–Trinajstić information content (AvgIpc) is 2.35. The number of nitrogens with one attached hydrogen (secondary N) is 1. The van der Waals surface area contributed by atoms with Gasteiger partial charge in [-0.05, 0) is 12.5 Å². The molecule has 0 aliphatic heterocycles. The van der Waals surface area contributed by atoms with Crippen molar-refractivity contribution in [2.45, 2.75) is 24.3 Å². The molecule has 0 saturated heterocycles. The molecular weight excluding hydrogens is 277 g/mol. The highest BCUT2D eigenvalue weighted by atomic mass is 32.2. The van der Waals surface area contributed by atoms with E-state index in [0.717, 1.165) is 12.1 Å². The third kappa shape index (κ3) is 3.46. The maximum atomic E-state index is 13.6. The van der Waals surface area contributed by atoms with Crippen LogP contribution in [0.2, 0.25) is 0 Å². The van der Waals surface area contributed by atoms with Crippen LogP contribution in [-0.2, 0) is 10.0 Å². The average molecular weight is 287 g/mol. The number of hydrogen-bond donors (Lipinski definition) is 1. The Balaban J connectivity index is 3.16. The van der Waals surface area contributed by atoms with Crippen molar-refractivity contribution in [1.29, 1.82) is 5.26 Å². The minimum Gasteiger partial charge on any atom is -0.258 e. The molecule has 0 aliphatic rings. The van der Waals surface area contributed by atoms with Gasteiger partial charge in [0.25, 0.3) is 5.69 Å². The number of nitro benzene ring substituents is 1. The minimum absolute atomic E-state index is 0.213. The van der Waals surface area contributed by atoms with E-state index in [1.165, 1.54) is 0 Å². The van der Waals surface area contributed by atoms with Crippen molar-refractivity contribution in [3.8, 4) is 6.07 Å². The Kier molecular flexibility index (Phi) is 4.52. The largest absolute Gasteiger partial charge is 0.272 e. The molecule has 7 nitrogen and oxygen atoms in total. The van der Waals surface area contributed by atoms with Crippen LogP contribution in [0.5, 0.6) is 0 Å². The summed E-state index contributed by atoms with van der Waals surface area (Å²) in [5.41, 5.74) is -0.552. The Morgan fingerprint density at radius 1 is 1.58 bits per heavy atom. The lowest BCUT2D eigenvalue weighted by molar-refractivity contribution is -0.385. The Labute approximate surface area is 108 Å². The van der Waals surface area contributed by atoms with Crippen molar-refractivity contribution >= 4 is 15.7 Å². The summed E-state index contributed by atoms with van der Waals surface area (Å²) in [6.45, 7) is 1.59. The van der Waals surface area contributed by atoms with Crippen LogP contribution in [0.3, 0.4) is 0 Å². The molecule has 0 bridgehead atoms. The Morgan fingerprint density at radius 3 is 2.63 bits per heavy atom. The Hall–Kier alpha value is -2.05. The lowest BCUT2D eigenvalue weighted by atomic mass is 10.3. The quantitative estimate of drug-likeness (QED) is 0.648. The van der Waals surface area contributed by atoms with E-state index >= 15 is 0 Å². The molecule has 0 radical (unpaired) electrons. The highest BCUT2D eigenvalue weighted by Gasteiger charge is 2.24. The summed E-state index contributed by atoms with van der Waals surface area (Å²) in [4.78, 5) is 8.85. The van der Waals surface area contributed by atoms with Crippen LogP contribution in [0.4, 0.5) is 10.1 Å². The molecule has 0 heterocycles. The number of halogens is 1. The third-order valence-corrected chi connectivity index (χ3v) is 3.78. The van der Waals surface area contributed by atoms with E-state index in [-0.39, 0.29) is 6.42 Å². The Bertz CT molecular complexity index is 639. The minimum atomic E-state index is -4.23. The lowest BCUT2D eigenvalue weighted by Crippen LogP contribution is -2.33. The molecule has 19 heavy (non-hydrogen) atoms. The zero-order valence-corrected chi connectivity index (χ0v) is 10.6. The fourth-order valence-electron chi connectivity index (χ4n) is 1.27. The normalized spacial score (nSPS) is 12.7. The first-order valence-electron chi connectivity index (χ1n) is 5.17. The van der Waals surface area contributed by atoms with Crippen LogP contribution in [0, 0.1) is 27.3 Å². The maximum Gasteiger partial charge on any atom is 0.272 e. The van der Waals surface area contributed by atoms with Gasteiger partial charge in [0, 0.05) is 6.07 Å². The lowest BCUT2D eigenvalue weighted by Gasteiger charge is -2.10. The van der Waals surface area contributed by atoms with Crippen molar-refractivity contribution in [2.75, 3.05) is 0 Å². The predicted octanol–water partition coefficient (Wildman–Crippen LogP) is 1.31. The van der Waals surface area contributed by atoms with Crippen molar-refractivity contribution in [3.63, 3.8) is 0 Å². The smallest absolute Gasteiger partial charge is 0.258 e. The zero-order chi connectivity index (χ0) is 14.6. The van der Waals surface area contributed by atoms with E-state index in [2.05, 4.69) is 0 Å². The van der Waals surface area contributed by atoms with Crippen molar-refractivity contribution in [1.82, 2.24) is 4.72 Å². The molecule has 0 spiro atoms. The van der Waals surface area contributed by atoms with Crippen molar-refractivity contribution in [3.05, 3.63) is 34.1 Å². The van der Waals surface area contributed by atoms with Gasteiger partial charge >= 0.3 is 0 Å². The van der Waals surface area contributed by atoms with Gasteiger partial charge in [-0.15, -0.1) is 0 Å². The molecule has 102 valence electrons. The SMILES string of the molecule is CCC(C#N)NS(=O)(=O)c1ccc([N+](=O)[O-])cc1F. The number of sulfonamides is 1. The molecule has 1 aromatic carbocycles. The number of nitro groups is 1. The van der Waals surface area contributed by atoms with E-state index in [9.17, 15) is 22.9 Å². The highest BCUT2D eigenvalue weighted by molar-refractivity contribution is 7.89. The fraction of sp³-hybridized carbons (Fsp3) is 0.300. The maximum absolute atomic E-state index is 13.6. The second-order valence-electron chi connectivity index (χ2n) is 3.58. The van der Waals surface area contributed by atoms with Crippen LogP contribution in [0.15, 0.2) is 23.1 Å². The van der Waals surface area contributed by atoms with Gasteiger partial charge in [0.1, 0.15) is 16.8 Å². The third-order valence-electron chi connectivity index (χ3n) is 2.28. The first-order chi connectivity index (χ1) is 8.81. The first kappa shape index (κ1) is 15.0. The predicted molar refractivity (Wildman–Crippen MR) is 63.1 cm³/mol. The van der Waals surface area contributed by atoms with Gasteiger partial charge in [-0.2, -0.15) is 9.98 Å². The van der Waals surface area contributed by atoms with E-state index in [0.29, 0.717) is 6.07 Å². The first-order valence-corrected chi connectivity index (χ1v) is 6.66. The van der Waals surface area contributed by atoms with Gasteiger partial charge in [0.05, 0.1) is 17.1 Å². The van der Waals surface area contributed by atoms with E-state index in [1.54, 1.807) is 13.0 Å². The van der Waals surface area contributed by atoms with Gasteiger partial charge in [-0.1, -0.05) is 6.92 Å². The van der Waals surface area contributed by atoms with Crippen LogP contribution < -0.4 is 4.72 Å². The molecule has 0 fully saturated rings. The van der Waals surface area contributed by atoms with Crippen LogP contribution in [-0.4, -0.2) is 19.4 Å². The second-order valence-corrected chi connectivity index (χ2v) is 5.27. The number of nitriles is 1. The highest BCUT2D eigenvalue weighted by Crippen LogP contribution is 2.20. The number of non-ortho nitro benzene ring substituents is 1. The molecular formula is C10H10FN3O4S. The van der Waals surface area contributed by atoms with Gasteiger partial charge in [-0.25, -0.2) is 12.8 Å². The number of hydrogen-bond acceptors (Lipinski definition) is 5. The standard InChI is InChI=1S/C10H10FN3O4S/c1-2-7(6-12)13-19(17,18)10-4-3-8(14(15)16)5-9(10)11/h3-5,7,13H,2H2,1H3. The molecule has 0 aromatic heterocycles. The molecule has 0 aliphatic carbocycles. The molecule has 9 heteroatoms. The summed E-state index contributed by atoms with van der Waals surface area (Å²) >= 11 is 0. The van der Waals surface area contributed by atoms with Crippen LogP contribution >= 0.6 is 0 Å². The van der Waals surface area contributed by atoms with Gasteiger partial charge in [-0.3, -0.25) is 10.1 Å². The molecule has 1 unspecified atom stereocenters. The van der Waals surface area contributed by atoms with Crippen molar-refractivity contribution < 1.29 is 17.7 Å². The van der Waals surface area contributed by atoms with Gasteiger partial charge in [0.2, 0.25) is 10.0 Å². The molecule has 1 atom stereocenters. The molecule has 1 N–H and O–H groups in total. The fourth-order valence-corrected chi connectivity index (χ4v) is 2.56. The van der Waals surface area contributed by atoms with Gasteiger partial charge < -0.3 is 0 Å². The number of rotatable bonds is 5. The van der Waals surface area contributed by atoms with Crippen LogP contribution in [0.1, 0.15) is 13.3 Å². The summed E-state index contributed by atoms with van der Waals surface area (Å²) in [5.74, 6) is -1.24. The van der Waals surface area contributed by atoms with E-state index in [1.807, 2.05) is 4.72 Å². The van der Waals surface area contributed by atoms with Crippen LogP contribution in [0.25, 0.3) is 0 Å². The number of nitrogens with zero attached hydrogens (tertiary/aromatic N) is 2. The zero-order valence-electron chi connectivity index (χ0n) is 9.83. The van der Waals surface area contributed by atoms with Gasteiger partial charge in [0.15, 0.2) is 0 Å². The molecule has 1 aromatic rings. The summed E-state index contributed by atoms with van der Waals surface area (Å²) in [6, 6.07) is 2.91. The summed E-state index contributed by atoms with van der Waals surface area (Å²) in [6.07, 6.45) is 0.213. The molecule has 0 saturated carbocycles. The van der Waals surface area contributed by atoms with E-state index in [4.69, 9.17) is 5.26 Å². The summed E-state index contributed by atoms with van der Waals surface area (Å²) < 4.78 is 39.1. The Morgan fingerprint density at radius 2 is 2.21 bits per heavy atom.